The minimum absolute atomic E-state index is 0.117. The molecule has 6 nitrogen and oxygen atoms in total. The van der Waals surface area contributed by atoms with E-state index >= 15 is 0 Å². The van der Waals surface area contributed by atoms with E-state index in [1.54, 1.807) is 20.3 Å². The molecule has 3 N–H and O–H groups in total. The van der Waals surface area contributed by atoms with Gasteiger partial charge in [-0.3, -0.25) is 0 Å². The molecule has 0 bridgehead atoms. The molecule has 4 rings (SSSR count). The normalized spacial score (nSPS) is 11.8. The molecule has 1 atom stereocenters. The smallest absolute Gasteiger partial charge is 0.319 e. The van der Waals surface area contributed by atoms with Crippen molar-refractivity contribution in [1.29, 1.82) is 0 Å². The lowest BCUT2D eigenvalue weighted by Gasteiger charge is -2.20. The van der Waals surface area contributed by atoms with Crippen LogP contribution in [-0.2, 0) is 0 Å². The number of methoxy groups -OCH3 is 2. The Morgan fingerprint density at radius 1 is 1.03 bits per heavy atom. The van der Waals surface area contributed by atoms with Crippen molar-refractivity contribution < 1.29 is 14.3 Å². The average Bonchev–Trinajstić information content (AvgIpc) is 3.25. The van der Waals surface area contributed by atoms with E-state index in [0.717, 1.165) is 27.6 Å². The van der Waals surface area contributed by atoms with E-state index in [9.17, 15) is 4.79 Å². The Labute approximate surface area is 197 Å². The zero-order valence-corrected chi connectivity index (χ0v) is 19.5. The molecule has 7 heteroatoms. The van der Waals surface area contributed by atoms with Crippen LogP contribution in [0.3, 0.4) is 0 Å². The number of hydrogen-bond donors (Lipinski definition) is 3. The Bertz CT molecular complexity index is 1290. The highest BCUT2D eigenvalue weighted by molar-refractivity contribution is 6.31. The van der Waals surface area contributed by atoms with Crippen LogP contribution in [0.2, 0.25) is 5.02 Å². The Morgan fingerprint density at radius 2 is 1.82 bits per heavy atom. The number of aromatic nitrogens is 1. The molecule has 1 aromatic heterocycles. The molecule has 0 radical (unpaired) electrons. The van der Waals surface area contributed by atoms with Crippen molar-refractivity contribution in [2.45, 2.75) is 12.8 Å². The molecular formula is C26H26ClN3O3. The lowest BCUT2D eigenvalue weighted by molar-refractivity contribution is 0.252. The fourth-order valence-electron chi connectivity index (χ4n) is 3.90. The summed E-state index contributed by atoms with van der Waals surface area (Å²) in [4.78, 5) is 16.0. The number of ether oxygens (including phenoxy) is 2. The number of halogens is 1. The van der Waals surface area contributed by atoms with Gasteiger partial charge in [-0.15, -0.1) is 0 Å². The Morgan fingerprint density at radius 3 is 2.58 bits per heavy atom. The largest absolute Gasteiger partial charge is 0.493 e. The van der Waals surface area contributed by atoms with E-state index in [1.165, 1.54) is 0 Å². The second-order valence-corrected chi connectivity index (χ2v) is 8.16. The van der Waals surface area contributed by atoms with Crippen LogP contribution in [0.25, 0.3) is 10.9 Å². The number of para-hydroxylation sites is 1. The number of carbonyl (C=O) groups excluding carboxylic acids is 1. The molecule has 0 fully saturated rings. The molecular weight excluding hydrogens is 438 g/mol. The number of aromatic amines is 1. The second kappa shape index (κ2) is 9.88. The molecule has 2 amide bonds. The topological polar surface area (TPSA) is 75.4 Å². The van der Waals surface area contributed by atoms with E-state index in [2.05, 4.69) is 21.7 Å². The molecule has 3 aromatic carbocycles. The lowest BCUT2D eigenvalue weighted by atomic mass is 9.90. The standard InChI is InChI=1S/C26H26ClN3O3/c1-16-8-10-18(13-22(16)27)30-26(31)29-14-20(17-9-11-24(32-2)25(12-17)33-3)21-15-28-23-7-5-4-6-19(21)23/h4-13,15,20,28H,14H2,1-3H3,(H2,29,30,31). The number of carbonyl (C=O) groups is 1. The fraction of sp³-hybridized carbons (Fsp3) is 0.192. The summed E-state index contributed by atoms with van der Waals surface area (Å²) in [5.41, 5.74) is 4.71. The molecule has 1 unspecified atom stereocenters. The monoisotopic (exact) mass is 463 g/mol. The second-order valence-electron chi connectivity index (χ2n) is 7.76. The molecule has 0 aliphatic rings. The van der Waals surface area contributed by atoms with Gasteiger partial charge in [0, 0.05) is 40.3 Å². The van der Waals surface area contributed by atoms with Gasteiger partial charge in [-0.25, -0.2) is 4.79 Å². The maximum atomic E-state index is 12.7. The first-order chi connectivity index (χ1) is 16.0. The summed E-state index contributed by atoms with van der Waals surface area (Å²) >= 11 is 6.18. The number of hydrogen-bond acceptors (Lipinski definition) is 3. The zero-order chi connectivity index (χ0) is 23.4. The molecule has 0 saturated carbocycles. The van der Waals surface area contributed by atoms with Gasteiger partial charge in [0.15, 0.2) is 11.5 Å². The first-order valence-electron chi connectivity index (χ1n) is 10.6. The molecule has 0 aliphatic carbocycles. The summed E-state index contributed by atoms with van der Waals surface area (Å²) in [5, 5.41) is 7.56. The number of fused-ring (bicyclic) bond motifs is 1. The maximum Gasteiger partial charge on any atom is 0.319 e. The first kappa shape index (κ1) is 22.6. The van der Waals surface area contributed by atoms with Gasteiger partial charge >= 0.3 is 6.03 Å². The summed E-state index contributed by atoms with van der Waals surface area (Å²) in [7, 11) is 3.22. The van der Waals surface area contributed by atoms with E-state index in [-0.39, 0.29) is 11.9 Å². The number of rotatable bonds is 7. The molecule has 170 valence electrons. The van der Waals surface area contributed by atoms with Crippen molar-refractivity contribution in [2.75, 3.05) is 26.1 Å². The average molecular weight is 464 g/mol. The summed E-state index contributed by atoms with van der Waals surface area (Å²) in [6, 6.07) is 19.1. The van der Waals surface area contributed by atoms with Crippen LogP contribution in [-0.4, -0.2) is 31.8 Å². The van der Waals surface area contributed by atoms with E-state index in [0.29, 0.717) is 28.8 Å². The zero-order valence-electron chi connectivity index (χ0n) is 18.7. The van der Waals surface area contributed by atoms with Gasteiger partial charge in [-0.05, 0) is 53.9 Å². The Hall–Kier alpha value is -3.64. The van der Waals surface area contributed by atoms with Crippen molar-refractivity contribution >= 4 is 34.2 Å². The van der Waals surface area contributed by atoms with Gasteiger partial charge in [-0.1, -0.05) is 41.9 Å². The van der Waals surface area contributed by atoms with Gasteiger partial charge in [0.1, 0.15) is 0 Å². The molecule has 33 heavy (non-hydrogen) atoms. The number of H-pyrrole nitrogens is 1. The predicted molar refractivity (Wildman–Crippen MR) is 133 cm³/mol. The van der Waals surface area contributed by atoms with Gasteiger partial charge in [0.05, 0.1) is 14.2 Å². The first-order valence-corrected chi connectivity index (χ1v) is 11.0. The third kappa shape index (κ3) is 4.91. The van der Waals surface area contributed by atoms with Crippen LogP contribution in [0, 0.1) is 6.92 Å². The van der Waals surface area contributed by atoms with Crippen molar-refractivity contribution in [3.63, 3.8) is 0 Å². The summed E-state index contributed by atoms with van der Waals surface area (Å²) in [5.74, 6) is 1.17. The summed E-state index contributed by atoms with van der Waals surface area (Å²) in [6.45, 7) is 2.30. The molecule has 0 saturated heterocycles. The number of urea groups is 1. The highest BCUT2D eigenvalue weighted by Gasteiger charge is 2.21. The lowest BCUT2D eigenvalue weighted by Crippen LogP contribution is -2.32. The van der Waals surface area contributed by atoms with Crippen LogP contribution >= 0.6 is 11.6 Å². The van der Waals surface area contributed by atoms with Crippen LogP contribution in [0.1, 0.15) is 22.6 Å². The highest BCUT2D eigenvalue weighted by Crippen LogP contribution is 2.35. The number of benzene rings is 3. The number of anilines is 1. The Kier molecular flexibility index (Phi) is 6.75. The van der Waals surface area contributed by atoms with Crippen molar-refractivity contribution in [1.82, 2.24) is 10.3 Å². The van der Waals surface area contributed by atoms with Gasteiger partial charge in [-0.2, -0.15) is 0 Å². The molecule has 0 spiro atoms. The summed E-state index contributed by atoms with van der Waals surface area (Å²) in [6.07, 6.45) is 1.99. The quantitative estimate of drug-likeness (QED) is 0.310. The van der Waals surface area contributed by atoms with Crippen molar-refractivity contribution in [2.24, 2.45) is 0 Å². The minimum Gasteiger partial charge on any atom is -0.493 e. The molecule has 4 aromatic rings. The van der Waals surface area contributed by atoms with Gasteiger partial charge in [0.25, 0.3) is 0 Å². The van der Waals surface area contributed by atoms with E-state index in [1.807, 2.05) is 61.7 Å². The summed E-state index contributed by atoms with van der Waals surface area (Å²) < 4.78 is 10.9. The van der Waals surface area contributed by atoms with Crippen molar-refractivity contribution in [3.05, 3.63) is 88.6 Å². The van der Waals surface area contributed by atoms with Gasteiger partial charge < -0.3 is 25.1 Å². The minimum atomic E-state index is -0.305. The SMILES string of the molecule is COc1ccc(C(CNC(=O)Nc2ccc(C)c(Cl)c2)c2c[nH]c3ccccc23)cc1OC. The fourth-order valence-corrected chi connectivity index (χ4v) is 4.08. The number of amides is 2. The molecule has 1 heterocycles. The van der Waals surface area contributed by atoms with Crippen LogP contribution in [0.4, 0.5) is 10.5 Å². The van der Waals surface area contributed by atoms with Crippen LogP contribution in [0.5, 0.6) is 11.5 Å². The maximum absolute atomic E-state index is 12.7. The predicted octanol–water partition coefficient (Wildman–Crippen LogP) is 6.10. The van der Waals surface area contributed by atoms with E-state index in [4.69, 9.17) is 21.1 Å². The van der Waals surface area contributed by atoms with Crippen molar-refractivity contribution in [3.8, 4) is 11.5 Å². The third-order valence-corrected chi connectivity index (χ3v) is 6.11. The number of nitrogens with one attached hydrogen (secondary N) is 3. The molecule has 0 aliphatic heterocycles. The van der Waals surface area contributed by atoms with Crippen LogP contribution in [0.15, 0.2) is 66.9 Å². The third-order valence-electron chi connectivity index (χ3n) is 5.70. The van der Waals surface area contributed by atoms with Gasteiger partial charge in [0.2, 0.25) is 0 Å². The van der Waals surface area contributed by atoms with E-state index < -0.39 is 0 Å². The van der Waals surface area contributed by atoms with Crippen LogP contribution < -0.4 is 20.1 Å². The number of aryl methyl sites for hydroxylation is 1. The Balaban J connectivity index is 1.62. The highest BCUT2D eigenvalue weighted by atomic mass is 35.5.